The fraction of sp³-hybridized carbons (Fsp3) is 0.500. The van der Waals surface area contributed by atoms with Gasteiger partial charge in [-0.25, -0.2) is 0 Å². The second-order valence-electron chi connectivity index (χ2n) is 4.35. The molecule has 1 aromatic rings. The molecule has 0 aliphatic carbocycles. The molecule has 0 radical (unpaired) electrons. The molecule has 102 valence electrons. The second kappa shape index (κ2) is 7.68. The number of nitrogens with zero attached hydrogens (tertiary/aromatic N) is 1. The van der Waals surface area contributed by atoms with Crippen molar-refractivity contribution < 1.29 is 4.74 Å². The first kappa shape index (κ1) is 14.6. The van der Waals surface area contributed by atoms with E-state index in [4.69, 9.17) is 10.00 Å². The smallest absolute Gasteiger partial charge is 0.136 e. The fourth-order valence-electron chi connectivity index (χ4n) is 1.98. The topological polar surface area (TPSA) is 45.0 Å². The maximum atomic E-state index is 9.05. The Morgan fingerprint density at radius 1 is 1.47 bits per heavy atom. The molecule has 0 bridgehead atoms. The first-order valence-electron chi connectivity index (χ1n) is 6.30. The zero-order valence-electron chi connectivity index (χ0n) is 11.0. The maximum Gasteiger partial charge on any atom is 0.136 e. The number of hydrogen-bond acceptors (Lipinski definition) is 5. The van der Waals surface area contributed by atoms with Crippen LogP contribution >= 0.6 is 23.5 Å². The van der Waals surface area contributed by atoms with Crippen LogP contribution in [0.3, 0.4) is 0 Å². The van der Waals surface area contributed by atoms with Crippen molar-refractivity contribution in [3.8, 4) is 11.8 Å². The van der Waals surface area contributed by atoms with Crippen molar-refractivity contribution in [1.29, 1.82) is 5.26 Å². The summed E-state index contributed by atoms with van der Waals surface area (Å²) in [5.41, 5.74) is 1.73. The van der Waals surface area contributed by atoms with E-state index in [0.29, 0.717) is 16.6 Å². The summed E-state index contributed by atoms with van der Waals surface area (Å²) in [7, 11) is 1.59. The van der Waals surface area contributed by atoms with E-state index in [9.17, 15) is 0 Å². The third-order valence-corrected chi connectivity index (χ3v) is 5.82. The van der Waals surface area contributed by atoms with E-state index >= 15 is 0 Å². The molecular formula is C14H18N2OS2. The number of thioether (sulfide) groups is 2. The Bertz CT molecular complexity index is 453. The quantitative estimate of drug-likeness (QED) is 0.904. The van der Waals surface area contributed by atoms with Gasteiger partial charge in [0.2, 0.25) is 0 Å². The SMILES string of the molecule is COc1ccc(CNCC2CSCCS2)cc1C#N. The van der Waals surface area contributed by atoms with Gasteiger partial charge in [0.25, 0.3) is 0 Å². The average molecular weight is 294 g/mol. The number of benzene rings is 1. The zero-order valence-corrected chi connectivity index (χ0v) is 12.6. The van der Waals surface area contributed by atoms with Gasteiger partial charge in [0, 0.05) is 35.6 Å². The van der Waals surface area contributed by atoms with Crippen LogP contribution in [-0.2, 0) is 6.54 Å². The second-order valence-corrected chi connectivity index (χ2v) is 6.90. The summed E-state index contributed by atoms with van der Waals surface area (Å²) in [4.78, 5) is 0. The van der Waals surface area contributed by atoms with E-state index < -0.39 is 0 Å². The predicted molar refractivity (Wildman–Crippen MR) is 83.0 cm³/mol. The number of methoxy groups -OCH3 is 1. The summed E-state index contributed by atoms with van der Waals surface area (Å²) in [5.74, 6) is 4.43. The summed E-state index contributed by atoms with van der Waals surface area (Å²) < 4.78 is 5.14. The van der Waals surface area contributed by atoms with Crippen LogP contribution in [0.25, 0.3) is 0 Å². The van der Waals surface area contributed by atoms with E-state index in [1.807, 2.05) is 30.0 Å². The Hall–Kier alpha value is -0.830. The Labute approximate surface area is 123 Å². The van der Waals surface area contributed by atoms with Gasteiger partial charge in [-0.1, -0.05) is 6.07 Å². The minimum absolute atomic E-state index is 0.601. The van der Waals surface area contributed by atoms with E-state index in [0.717, 1.165) is 18.7 Å². The van der Waals surface area contributed by atoms with Gasteiger partial charge < -0.3 is 10.1 Å². The van der Waals surface area contributed by atoms with Crippen molar-refractivity contribution in [2.45, 2.75) is 11.8 Å². The van der Waals surface area contributed by atoms with Gasteiger partial charge >= 0.3 is 0 Å². The molecule has 19 heavy (non-hydrogen) atoms. The normalized spacial score (nSPS) is 18.8. The molecule has 1 aliphatic heterocycles. The van der Waals surface area contributed by atoms with Gasteiger partial charge in [-0.15, -0.1) is 0 Å². The molecule has 1 fully saturated rings. The van der Waals surface area contributed by atoms with Crippen LogP contribution in [0, 0.1) is 11.3 Å². The third kappa shape index (κ3) is 4.34. The maximum absolute atomic E-state index is 9.05. The van der Waals surface area contributed by atoms with Crippen molar-refractivity contribution in [2.75, 3.05) is 30.9 Å². The van der Waals surface area contributed by atoms with Gasteiger partial charge in [-0.05, 0) is 17.7 Å². The highest BCUT2D eigenvalue weighted by molar-refractivity contribution is 8.06. The molecule has 1 unspecified atom stereocenters. The molecule has 3 nitrogen and oxygen atoms in total. The molecule has 1 aliphatic rings. The highest BCUT2D eigenvalue weighted by atomic mass is 32.2. The monoisotopic (exact) mass is 294 g/mol. The van der Waals surface area contributed by atoms with Gasteiger partial charge in [0.05, 0.1) is 12.7 Å². The Morgan fingerprint density at radius 3 is 3.05 bits per heavy atom. The third-order valence-electron chi connectivity index (χ3n) is 2.97. The van der Waals surface area contributed by atoms with Crippen LogP contribution in [0.15, 0.2) is 18.2 Å². The lowest BCUT2D eigenvalue weighted by Gasteiger charge is -2.21. The molecular weight excluding hydrogens is 276 g/mol. The molecule has 1 heterocycles. The van der Waals surface area contributed by atoms with E-state index in [2.05, 4.69) is 23.1 Å². The van der Waals surface area contributed by atoms with Gasteiger partial charge in [0.1, 0.15) is 11.8 Å². The number of nitriles is 1. The highest BCUT2D eigenvalue weighted by Gasteiger charge is 2.13. The van der Waals surface area contributed by atoms with E-state index in [1.54, 1.807) is 7.11 Å². The lowest BCUT2D eigenvalue weighted by molar-refractivity contribution is 0.413. The van der Waals surface area contributed by atoms with Crippen LogP contribution in [0.2, 0.25) is 0 Å². The summed E-state index contributed by atoms with van der Waals surface area (Å²) in [6.45, 7) is 1.84. The highest BCUT2D eigenvalue weighted by Crippen LogP contribution is 2.23. The summed E-state index contributed by atoms with van der Waals surface area (Å²) >= 11 is 4.10. The first-order valence-corrected chi connectivity index (χ1v) is 8.51. The molecule has 1 N–H and O–H groups in total. The van der Waals surface area contributed by atoms with Crippen LogP contribution < -0.4 is 10.1 Å². The van der Waals surface area contributed by atoms with E-state index in [1.165, 1.54) is 17.3 Å². The number of nitrogens with one attached hydrogen (secondary N) is 1. The molecule has 0 amide bonds. The van der Waals surface area contributed by atoms with Crippen molar-refractivity contribution >= 4 is 23.5 Å². The number of hydrogen-bond donors (Lipinski definition) is 1. The van der Waals surface area contributed by atoms with Crippen molar-refractivity contribution in [2.24, 2.45) is 0 Å². The average Bonchev–Trinajstić information content (AvgIpc) is 2.48. The first-order chi connectivity index (χ1) is 9.33. The lowest BCUT2D eigenvalue weighted by atomic mass is 10.1. The minimum atomic E-state index is 0.601. The molecule has 5 heteroatoms. The van der Waals surface area contributed by atoms with Gasteiger partial charge in [-0.2, -0.15) is 28.8 Å². The van der Waals surface area contributed by atoms with Crippen LogP contribution in [0.1, 0.15) is 11.1 Å². The largest absolute Gasteiger partial charge is 0.495 e. The van der Waals surface area contributed by atoms with Crippen molar-refractivity contribution in [1.82, 2.24) is 5.32 Å². The van der Waals surface area contributed by atoms with Gasteiger partial charge in [0.15, 0.2) is 0 Å². The van der Waals surface area contributed by atoms with Crippen LogP contribution in [-0.4, -0.2) is 36.2 Å². The summed E-state index contributed by atoms with van der Waals surface area (Å²) in [5, 5.41) is 13.2. The van der Waals surface area contributed by atoms with Crippen LogP contribution in [0.4, 0.5) is 0 Å². The minimum Gasteiger partial charge on any atom is -0.495 e. The molecule has 2 rings (SSSR count). The summed E-state index contributed by atoms with van der Waals surface area (Å²) in [6.07, 6.45) is 0. The zero-order chi connectivity index (χ0) is 13.5. The Morgan fingerprint density at radius 2 is 2.37 bits per heavy atom. The van der Waals surface area contributed by atoms with Crippen molar-refractivity contribution in [3.63, 3.8) is 0 Å². The molecule has 0 aromatic heterocycles. The Kier molecular flexibility index (Phi) is 5.90. The van der Waals surface area contributed by atoms with Gasteiger partial charge in [-0.3, -0.25) is 0 Å². The fourth-order valence-corrected chi connectivity index (χ4v) is 4.63. The molecule has 1 saturated heterocycles. The van der Waals surface area contributed by atoms with Crippen molar-refractivity contribution in [3.05, 3.63) is 29.3 Å². The lowest BCUT2D eigenvalue weighted by Crippen LogP contribution is -2.28. The summed E-state index contributed by atoms with van der Waals surface area (Å²) in [6, 6.07) is 7.94. The predicted octanol–water partition coefficient (Wildman–Crippen LogP) is 2.51. The Balaban J connectivity index is 1.84. The number of rotatable bonds is 5. The van der Waals surface area contributed by atoms with Crippen LogP contribution in [0.5, 0.6) is 5.75 Å². The standard InChI is InChI=1S/C14H18N2OS2/c1-17-14-3-2-11(6-12(14)7-15)8-16-9-13-10-18-4-5-19-13/h2-3,6,13,16H,4-5,8-10H2,1H3. The molecule has 0 spiro atoms. The molecule has 0 saturated carbocycles. The molecule has 1 aromatic carbocycles. The van der Waals surface area contributed by atoms with E-state index in [-0.39, 0.29) is 0 Å². The number of ether oxygens (including phenoxy) is 1. The molecule has 1 atom stereocenters.